The topological polar surface area (TPSA) is 61.4 Å². The van der Waals surface area contributed by atoms with Crippen molar-refractivity contribution in [1.29, 1.82) is 0 Å². The van der Waals surface area contributed by atoms with Crippen LogP contribution in [0.4, 0.5) is 5.69 Å². The minimum absolute atomic E-state index is 0.00216. The Morgan fingerprint density at radius 1 is 1.18 bits per heavy atom. The fraction of sp³-hybridized carbons (Fsp3) is 0.500. The number of carbonyl (C=O) groups is 2. The largest absolute Gasteiger partial charge is 0.346 e. The van der Waals surface area contributed by atoms with Crippen molar-refractivity contribution >= 4 is 33.4 Å². The smallest absolute Gasteiger partial charge is 0.243 e. The summed E-state index contributed by atoms with van der Waals surface area (Å²) in [5.74, 6) is -0.304. The summed E-state index contributed by atoms with van der Waals surface area (Å²) in [5, 5.41) is 5.49. The molecule has 120 valence electrons. The highest BCUT2D eigenvalue weighted by Gasteiger charge is 2.14. The third-order valence-corrected chi connectivity index (χ3v) is 4.22. The number of likely N-dealkylation sites (tertiary alicyclic amines) is 1. The summed E-state index contributed by atoms with van der Waals surface area (Å²) in [6, 6.07) is 5.65. The maximum absolute atomic E-state index is 11.9. The molecule has 0 unspecified atom stereocenters. The van der Waals surface area contributed by atoms with Crippen LogP contribution >= 0.6 is 15.9 Å². The molecule has 0 saturated carbocycles. The van der Waals surface area contributed by atoms with Crippen molar-refractivity contribution in [3.05, 3.63) is 28.2 Å². The maximum Gasteiger partial charge on any atom is 0.243 e. The molecule has 1 fully saturated rings. The molecule has 6 heteroatoms. The van der Waals surface area contributed by atoms with Crippen LogP contribution in [0.5, 0.6) is 0 Å². The van der Waals surface area contributed by atoms with E-state index in [1.807, 2.05) is 25.1 Å². The molecule has 1 aromatic rings. The summed E-state index contributed by atoms with van der Waals surface area (Å²) in [5.41, 5.74) is 1.74. The first-order valence-electron chi connectivity index (χ1n) is 7.59. The molecule has 1 heterocycles. The fourth-order valence-corrected chi connectivity index (χ4v) is 2.99. The zero-order valence-electron chi connectivity index (χ0n) is 12.8. The van der Waals surface area contributed by atoms with Gasteiger partial charge in [0.2, 0.25) is 11.8 Å². The average Bonchev–Trinajstić information content (AvgIpc) is 2.49. The highest BCUT2D eigenvalue weighted by Crippen LogP contribution is 2.19. The van der Waals surface area contributed by atoms with Gasteiger partial charge in [-0.25, -0.2) is 0 Å². The molecule has 1 aromatic carbocycles. The quantitative estimate of drug-likeness (QED) is 0.839. The van der Waals surface area contributed by atoms with Gasteiger partial charge in [0.1, 0.15) is 0 Å². The Bertz CT molecular complexity index is 542. The minimum atomic E-state index is -0.211. The predicted octanol–water partition coefficient (Wildman–Crippen LogP) is 2.30. The van der Waals surface area contributed by atoms with E-state index in [1.165, 1.54) is 6.42 Å². The van der Waals surface area contributed by atoms with Crippen LogP contribution in [0.1, 0.15) is 24.8 Å². The molecule has 5 nitrogen and oxygen atoms in total. The van der Waals surface area contributed by atoms with Crippen molar-refractivity contribution in [3.63, 3.8) is 0 Å². The second kappa shape index (κ2) is 8.29. The van der Waals surface area contributed by atoms with Crippen LogP contribution in [-0.2, 0) is 9.59 Å². The second-order valence-corrected chi connectivity index (χ2v) is 6.54. The van der Waals surface area contributed by atoms with Gasteiger partial charge < -0.3 is 10.6 Å². The molecule has 0 atom stereocenters. The van der Waals surface area contributed by atoms with Crippen LogP contribution in [-0.4, -0.2) is 42.9 Å². The van der Waals surface area contributed by atoms with Crippen molar-refractivity contribution in [2.24, 2.45) is 0 Å². The summed E-state index contributed by atoms with van der Waals surface area (Å²) < 4.78 is 0.970. The van der Waals surface area contributed by atoms with Crippen LogP contribution in [0.25, 0.3) is 0 Å². The van der Waals surface area contributed by atoms with Gasteiger partial charge in [0, 0.05) is 10.2 Å². The van der Waals surface area contributed by atoms with Gasteiger partial charge in [0.15, 0.2) is 0 Å². The standard InChI is InChI=1S/C16H22BrN3O2/c1-12-9-13(17)5-6-14(12)19-15(21)10-18-16(22)11-20-7-3-2-4-8-20/h5-6,9H,2-4,7-8,10-11H2,1H3,(H,18,22)(H,19,21). The van der Waals surface area contributed by atoms with E-state index in [1.54, 1.807) is 0 Å². The molecule has 0 aromatic heterocycles. The summed E-state index contributed by atoms with van der Waals surface area (Å²) in [7, 11) is 0. The number of nitrogens with zero attached hydrogens (tertiary/aromatic N) is 1. The summed E-state index contributed by atoms with van der Waals surface area (Å²) in [6.07, 6.45) is 3.54. The number of piperidine rings is 1. The normalized spacial score (nSPS) is 15.4. The van der Waals surface area contributed by atoms with E-state index in [0.717, 1.165) is 41.7 Å². The number of hydrogen-bond acceptors (Lipinski definition) is 3. The van der Waals surface area contributed by atoms with Gasteiger partial charge in [-0.05, 0) is 56.6 Å². The summed E-state index contributed by atoms with van der Waals surface area (Å²) in [4.78, 5) is 25.9. The van der Waals surface area contributed by atoms with E-state index < -0.39 is 0 Å². The molecule has 0 aliphatic carbocycles. The maximum atomic E-state index is 11.9. The molecule has 2 rings (SSSR count). The van der Waals surface area contributed by atoms with Gasteiger partial charge in [-0.1, -0.05) is 22.4 Å². The van der Waals surface area contributed by atoms with Crippen LogP contribution in [0.3, 0.4) is 0 Å². The zero-order valence-corrected chi connectivity index (χ0v) is 14.4. The first kappa shape index (κ1) is 17.0. The van der Waals surface area contributed by atoms with E-state index in [9.17, 15) is 9.59 Å². The Morgan fingerprint density at radius 3 is 2.59 bits per heavy atom. The van der Waals surface area contributed by atoms with Crippen LogP contribution in [0.2, 0.25) is 0 Å². The molecule has 0 bridgehead atoms. The average molecular weight is 368 g/mol. The monoisotopic (exact) mass is 367 g/mol. The van der Waals surface area contributed by atoms with Crippen LogP contribution < -0.4 is 10.6 Å². The number of amides is 2. The molecule has 0 spiro atoms. The van der Waals surface area contributed by atoms with Crippen LogP contribution in [0.15, 0.2) is 22.7 Å². The SMILES string of the molecule is Cc1cc(Br)ccc1NC(=O)CNC(=O)CN1CCCCC1. The Morgan fingerprint density at radius 2 is 1.91 bits per heavy atom. The van der Waals surface area contributed by atoms with Gasteiger partial charge in [-0.15, -0.1) is 0 Å². The number of benzene rings is 1. The number of aryl methyl sites for hydroxylation is 1. The lowest BCUT2D eigenvalue weighted by atomic mass is 10.1. The second-order valence-electron chi connectivity index (χ2n) is 5.62. The summed E-state index contributed by atoms with van der Waals surface area (Å²) >= 11 is 3.39. The Balaban J connectivity index is 1.73. The third kappa shape index (κ3) is 5.42. The van der Waals surface area contributed by atoms with E-state index in [2.05, 4.69) is 31.5 Å². The number of halogens is 1. The van der Waals surface area contributed by atoms with Gasteiger partial charge in [-0.3, -0.25) is 14.5 Å². The van der Waals surface area contributed by atoms with Gasteiger partial charge in [0.25, 0.3) is 0 Å². The zero-order chi connectivity index (χ0) is 15.9. The molecule has 22 heavy (non-hydrogen) atoms. The lowest BCUT2D eigenvalue weighted by Gasteiger charge is -2.25. The predicted molar refractivity (Wildman–Crippen MR) is 90.8 cm³/mol. The molecular weight excluding hydrogens is 346 g/mol. The molecule has 1 saturated heterocycles. The minimum Gasteiger partial charge on any atom is -0.346 e. The van der Waals surface area contributed by atoms with Gasteiger partial charge in [-0.2, -0.15) is 0 Å². The molecule has 0 radical (unpaired) electrons. The van der Waals surface area contributed by atoms with E-state index in [4.69, 9.17) is 0 Å². The van der Waals surface area contributed by atoms with Gasteiger partial charge >= 0.3 is 0 Å². The molecule has 2 N–H and O–H groups in total. The Kier molecular flexibility index (Phi) is 6.39. The number of hydrogen-bond donors (Lipinski definition) is 2. The Labute approximate surface area is 139 Å². The third-order valence-electron chi connectivity index (χ3n) is 3.72. The van der Waals surface area contributed by atoms with Crippen molar-refractivity contribution in [2.75, 3.05) is 31.5 Å². The van der Waals surface area contributed by atoms with Crippen molar-refractivity contribution in [3.8, 4) is 0 Å². The van der Waals surface area contributed by atoms with Gasteiger partial charge in [0.05, 0.1) is 13.1 Å². The molecule has 1 aliphatic rings. The number of nitrogens with one attached hydrogen (secondary N) is 2. The van der Waals surface area contributed by atoms with E-state index in [0.29, 0.717) is 6.54 Å². The van der Waals surface area contributed by atoms with Crippen molar-refractivity contribution in [2.45, 2.75) is 26.2 Å². The Hall–Kier alpha value is -1.40. The number of carbonyl (C=O) groups excluding carboxylic acids is 2. The molecular formula is C16H22BrN3O2. The number of rotatable bonds is 5. The first-order chi connectivity index (χ1) is 10.5. The van der Waals surface area contributed by atoms with Crippen molar-refractivity contribution < 1.29 is 9.59 Å². The molecule has 1 aliphatic heterocycles. The molecule has 2 amide bonds. The van der Waals surface area contributed by atoms with E-state index in [-0.39, 0.29) is 18.4 Å². The van der Waals surface area contributed by atoms with E-state index >= 15 is 0 Å². The lowest BCUT2D eigenvalue weighted by molar-refractivity contribution is -0.125. The van der Waals surface area contributed by atoms with Crippen molar-refractivity contribution in [1.82, 2.24) is 10.2 Å². The lowest BCUT2D eigenvalue weighted by Crippen LogP contribution is -2.42. The fourth-order valence-electron chi connectivity index (χ4n) is 2.52. The first-order valence-corrected chi connectivity index (χ1v) is 8.39. The van der Waals surface area contributed by atoms with Crippen LogP contribution in [0, 0.1) is 6.92 Å². The number of anilines is 1. The highest BCUT2D eigenvalue weighted by molar-refractivity contribution is 9.10. The summed E-state index contributed by atoms with van der Waals surface area (Å²) in [6.45, 7) is 4.25. The highest BCUT2D eigenvalue weighted by atomic mass is 79.9.